The second-order valence-electron chi connectivity index (χ2n) is 9.55. The number of halogens is 1. The smallest absolute Gasteiger partial charge is 0.232 e. The summed E-state index contributed by atoms with van der Waals surface area (Å²) in [4.78, 5) is 28.1. The molecular formula is C24H34BrN5O3S. The molecule has 4 atom stereocenters. The summed E-state index contributed by atoms with van der Waals surface area (Å²) in [6, 6.07) is 0.412. The molecule has 1 amide bonds. The van der Waals surface area contributed by atoms with Gasteiger partial charge in [0.15, 0.2) is 0 Å². The first-order valence-corrected chi connectivity index (χ1v) is 15.7. The zero-order valence-corrected chi connectivity index (χ0v) is 22.0. The van der Waals surface area contributed by atoms with Crippen LogP contribution in [0, 0.1) is 5.92 Å². The van der Waals surface area contributed by atoms with E-state index < -0.39 is 15.4 Å². The number of hydrogen-bond donors (Lipinski definition) is 3. The average Bonchev–Trinajstić information content (AvgIpc) is 3.42. The van der Waals surface area contributed by atoms with Crippen LogP contribution >= 0.6 is 24.1 Å². The molecule has 8 nitrogen and oxygen atoms in total. The number of amides is 1. The predicted molar refractivity (Wildman–Crippen MR) is 139 cm³/mol. The van der Waals surface area contributed by atoms with Crippen molar-refractivity contribution in [3.8, 4) is 0 Å². The van der Waals surface area contributed by atoms with Crippen LogP contribution in [0.1, 0.15) is 49.5 Å². The van der Waals surface area contributed by atoms with Crippen molar-refractivity contribution in [2.45, 2.75) is 44.2 Å². The molecule has 3 aliphatic heterocycles. The molecule has 5 rings (SSSR count). The number of anilines is 1. The molecule has 2 N–H and O–H groups in total. The maximum absolute atomic E-state index is 13.7. The van der Waals surface area contributed by atoms with Gasteiger partial charge in [-0.15, -0.1) is 0 Å². The van der Waals surface area contributed by atoms with Crippen molar-refractivity contribution in [1.82, 2.24) is 20.2 Å². The fraction of sp³-hybridized carbons (Fsp3) is 0.625. The highest BCUT2D eigenvalue weighted by atomic mass is 79.9. The molecule has 1 aliphatic carbocycles. The predicted octanol–water partition coefficient (Wildman–Crippen LogP) is 2.77. The van der Waals surface area contributed by atoms with E-state index in [1.165, 1.54) is 4.91 Å². The zero-order chi connectivity index (χ0) is 23.7. The summed E-state index contributed by atoms with van der Waals surface area (Å²) in [5, 5.41) is 16.1. The number of aliphatic hydroxyl groups excluding tert-OH is 1. The fourth-order valence-corrected chi connectivity index (χ4v) is 8.10. The molecular weight excluding hydrogens is 518 g/mol. The summed E-state index contributed by atoms with van der Waals surface area (Å²) in [7, 11) is -0.578. The highest BCUT2D eigenvalue weighted by Gasteiger charge is 2.36. The van der Waals surface area contributed by atoms with Crippen LogP contribution in [0.25, 0.3) is 0 Å². The standard InChI is InChI=1S/C24H34BrN5O3S/c1-16-13-19(31)22-21(16)23(28-15-27-22)29-6-8-30(9-7-29)24(32)18(20-3-2-12-34(20)25)14-26-17-4-10-33-11-5-17/h2-3,12,15-19,26,31,34H,4-11,13-14H2,1H3/t16-,18-,19-/m1/s1. The van der Waals surface area contributed by atoms with E-state index in [0.717, 1.165) is 56.2 Å². The summed E-state index contributed by atoms with van der Waals surface area (Å²) in [5.74, 6) is 1.21. The van der Waals surface area contributed by atoms with Crippen LogP contribution in [0.5, 0.6) is 0 Å². The third kappa shape index (κ3) is 4.93. The Balaban J connectivity index is 1.25. The summed E-state index contributed by atoms with van der Waals surface area (Å²) in [6.45, 7) is 7.17. The van der Waals surface area contributed by atoms with Gasteiger partial charge in [0, 0.05) is 57.5 Å². The van der Waals surface area contributed by atoms with Crippen molar-refractivity contribution in [3.05, 3.63) is 40.0 Å². The Labute approximate surface area is 211 Å². The van der Waals surface area contributed by atoms with E-state index in [2.05, 4.69) is 59.5 Å². The molecule has 1 unspecified atom stereocenters. The van der Waals surface area contributed by atoms with Crippen LogP contribution in [-0.2, 0) is 9.53 Å². The van der Waals surface area contributed by atoms with Crippen LogP contribution in [0.2, 0.25) is 0 Å². The number of carbonyl (C=O) groups excluding carboxylic acids is 1. The Kier molecular flexibility index (Phi) is 7.60. The maximum Gasteiger partial charge on any atom is 0.232 e. The topological polar surface area (TPSA) is 90.8 Å². The third-order valence-electron chi connectivity index (χ3n) is 7.39. The van der Waals surface area contributed by atoms with Crippen molar-refractivity contribution in [3.63, 3.8) is 0 Å². The largest absolute Gasteiger partial charge is 0.387 e. The maximum atomic E-state index is 13.7. The Morgan fingerprint density at radius 2 is 2.06 bits per heavy atom. The number of allylic oxidation sites excluding steroid dienone is 2. The van der Waals surface area contributed by atoms with Gasteiger partial charge in [0.25, 0.3) is 0 Å². The number of ether oxygens (including phenoxy) is 1. The van der Waals surface area contributed by atoms with E-state index >= 15 is 0 Å². The lowest BCUT2D eigenvalue weighted by molar-refractivity contribution is -0.134. The first-order chi connectivity index (χ1) is 16.5. The fourth-order valence-electron chi connectivity index (χ4n) is 5.46. The zero-order valence-electron chi connectivity index (χ0n) is 19.6. The minimum Gasteiger partial charge on any atom is -0.387 e. The molecule has 0 aromatic carbocycles. The minimum atomic E-state index is -0.578. The molecule has 1 aromatic heterocycles. The second-order valence-corrected chi connectivity index (χ2v) is 13.3. The van der Waals surface area contributed by atoms with Gasteiger partial charge in [-0.05, 0) is 50.3 Å². The lowest BCUT2D eigenvalue weighted by Crippen LogP contribution is -2.52. The normalized spacial score (nSPS) is 29.3. The van der Waals surface area contributed by atoms with Gasteiger partial charge in [0.1, 0.15) is 12.1 Å². The summed E-state index contributed by atoms with van der Waals surface area (Å²) in [6.07, 6.45) is 7.91. The third-order valence-corrected chi connectivity index (χ3v) is 10.7. The Bertz CT molecular complexity index is 962. The van der Waals surface area contributed by atoms with E-state index in [1.807, 2.05) is 4.90 Å². The number of nitrogens with one attached hydrogen (secondary N) is 1. The molecule has 1 aromatic rings. The molecule has 0 spiro atoms. The van der Waals surface area contributed by atoms with Gasteiger partial charge in [0.05, 0.1) is 17.7 Å². The molecule has 4 heterocycles. The number of rotatable bonds is 6. The van der Waals surface area contributed by atoms with Crippen LogP contribution in [0.15, 0.2) is 28.8 Å². The molecule has 4 aliphatic rings. The van der Waals surface area contributed by atoms with E-state index in [1.54, 1.807) is 6.33 Å². The number of fused-ring (bicyclic) bond motifs is 1. The quantitative estimate of drug-likeness (QED) is 0.468. The number of aromatic nitrogens is 2. The van der Waals surface area contributed by atoms with Crippen molar-refractivity contribution < 1.29 is 14.6 Å². The van der Waals surface area contributed by atoms with Crippen molar-refractivity contribution in [2.75, 3.05) is 50.8 Å². The SMILES string of the molecule is C[C@@H]1C[C@@H](O)c2ncnc(N3CCN(C(=O)[C@H](CNC4CCOCC4)C4=CC=C[SH]4Br)CC3)c21. The second kappa shape index (κ2) is 10.7. The number of aliphatic hydroxyl groups is 1. The van der Waals surface area contributed by atoms with Crippen molar-refractivity contribution in [2.24, 2.45) is 5.92 Å². The highest BCUT2D eigenvalue weighted by molar-refractivity contribution is 9.55. The molecule has 0 radical (unpaired) electrons. The molecule has 2 saturated heterocycles. The number of hydrogen-bond acceptors (Lipinski definition) is 7. The van der Waals surface area contributed by atoms with E-state index in [9.17, 15) is 9.90 Å². The molecule has 2 fully saturated rings. The van der Waals surface area contributed by atoms with Crippen molar-refractivity contribution >= 4 is 35.9 Å². The number of piperazine rings is 1. The molecule has 186 valence electrons. The first kappa shape index (κ1) is 24.2. The van der Waals surface area contributed by atoms with E-state index in [-0.39, 0.29) is 17.7 Å². The molecule has 0 saturated carbocycles. The lowest BCUT2D eigenvalue weighted by Gasteiger charge is -2.38. The van der Waals surface area contributed by atoms with Gasteiger partial charge in [-0.2, -0.15) is 9.33 Å². The monoisotopic (exact) mass is 551 g/mol. The highest BCUT2D eigenvalue weighted by Crippen LogP contribution is 2.51. The van der Waals surface area contributed by atoms with Gasteiger partial charge in [-0.1, -0.05) is 19.1 Å². The summed E-state index contributed by atoms with van der Waals surface area (Å²) in [5.41, 5.74) is 1.84. The van der Waals surface area contributed by atoms with Gasteiger partial charge >= 0.3 is 0 Å². The van der Waals surface area contributed by atoms with Crippen molar-refractivity contribution in [1.29, 1.82) is 0 Å². The number of carbonyl (C=O) groups is 1. The Hall–Kier alpha value is -1.46. The van der Waals surface area contributed by atoms with Crippen LogP contribution < -0.4 is 10.2 Å². The van der Waals surface area contributed by atoms with Gasteiger partial charge < -0.3 is 25.0 Å². The first-order valence-electron chi connectivity index (χ1n) is 12.2. The average molecular weight is 553 g/mol. The van der Waals surface area contributed by atoms with Gasteiger partial charge in [-0.25, -0.2) is 9.97 Å². The van der Waals surface area contributed by atoms with Crippen LogP contribution in [0.4, 0.5) is 5.82 Å². The molecule has 0 bridgehead atoms. The van der Waals surface area contributed by atoms with Gasteiger partial charge in [-0.3, -0.25) is 4.79 Å². The molecule has 34 heavy (non-hydrogen) atoms. The number of thiol groups is 1. The Morgan fingerprint density at radius 3 is 2.76 bits per heavy atom. The van der Waals surface area contributed by atoms with E-state index in [4.69, 9.17) is 4.74 Å². The minimum absolute atomic E-state index is 0.159. The van der Waals surface area contributed by atoms with Gasteiger partial charge in [0.2, 0.25) is 5.91 Å². The lowest BCUT2D eigenvalue weighted by atomic mass is 10.0. The molecule has 10 heteroatoms. The summed E-state index contributed by atoms with van der Waals surface area (Å²) >= 11 is 3.79. The van der Waals surface area contributed by atoms with Crippen LogP contribution in [0.3, 0.4) is 0 Å². The summed E-state index contributed by atoms with van der Waals surface area (Å²) < 4.78 is 5.48. The van der Waals surface area contributed by atoms with Crippen LogP contribution in [-0.4, -0.2) is 77.9 Å². The van der Waals surface area contributed by atoms with E-state index in [0.29, 0.717) is 32.1 Å². The number of nitrogens with zero attached hydrogens (tertiary/aromatic N) is 4. The Morgan fingerprint density at radius 1 is 1.29 bits per heavy atom.